The zero-order valence-corrected chi connectivity index (χ0v) is 12.3. The van der Waals surface area contributed by atoms with E-state index in [2.05, 4.69) is 50.4 Å². The van der Waals surface area contributed by atoms with Crippen molar-refractivity contribution in [1.82, 2.24) is 10.2 Å². The van der Waals surface area contributed by atoms with E-state index in [1.54, 1.807) is 0 Å². The first kappa shape index (κ1) is 13.3. The van der Waals surface area contributed by atoms with Crippen LogP contribution in [0.25, 0.3) is 0 Å². The van der Waals surface area contributed by atoms with Crippen LogP contribution in [0, 0.1) is 5.92 Å². The van der Waals surface area contributed by atoms with Crippen molar-refractivity contribution in [3.8, 4) is 0 Å². The average molecular weight is 272 g/mol. The Kier molecular flexibility index (Phi) is 4.09. The maximum absolute atomic E-state index is 4.42. The highest BCUT2D eigenvalue weighted by atomic mass is 15.3. The monoisotopic (exact) mass is 272 g/mol. The van der Waals surface area contributed by atoms with Crippen molar-refractivity contribution in [2.45, 2.75) is 12.8 Å². The molecular weight excluding hydrogens is 248 g/mol. The molecule has 0 radical (unpaired) electrons. The lowest BCUT2D eigenvalue weighted by molar-refractivity contribution is 0.372. The summed E-state index contributed by atoms with van der Waals surface area (Å²) in [7, 11) is 1.89. The fourth-order valence-electron chi connectivity index (χ4n) is 2.71. The molecule has 0 bridgehead atoms. The van der Waals surface area contributed by atoms with Gasteiger partial charge >= 0.3 is 0 Å². The molecular formula is C16H24N4. The Morgan fingerprint density at radius 2 is 1.85 bits per heavy atom. The Balaban J connectivity index is 1.51. The third kappa shape index (κ3) is 3.24. The molecule has 1 N–H and O–H groups in total. The molecule has 1 aromatic rings. The molecule has 0 atom stereocenters. The predicted molar refractivity (Wildman–Crippen MR) is 84.3 cm³/mol. The molecule has 108 valence electrons. The standard InChI is InChI=1S/C16H24N4/c1-17-16(18-13-14-7-8-14)20-11-9-19(10-12-20)15-5-3-2-4-6-15/h2-6,14H,7-13H2,1H3,(H,17,18). The second kappa shape index (κ2) is 6.16. The number of nitrogens with zero attached hydrogens (tertiary/aromatic N) is 3. The van der Waals surface area contributed by atoms with E-state index in [9.17, 15) is 0 Å². The number of hydrogen-bond donors (Lipinski definition) is 1. The highest BCUT2D eigenvalue weighted by Gasteiger charge is 2.24. The molecule has 2 fully saturated rings. The molecule has 4 heteroatoms. The zero-order valence-electron chi connectivity index (χ0n) is 12.3. The number of rotatable bonds is 3. The topological polar surface area (TPSA) is 30.9 Å². The van der Waals surface area contributed by atoms with Crippen molar-refractivity contribution in [3.05, 3.63) is 30.3 Å². The summed E-state index contributed by atoms with van der Waals surface area (Å²) in [6.07, 6.45) is 2.76. The van der Waals surface area contributed by atoms with Gasteiger partial charge in [0.1, 0.15) is 0 Å². The Labute approximate surface area is 121 Å². The van der Waals surface area contributed by atoms with Crippen LogP contribution in [0.5, 0.6) is 0 Å². The summed E-state index contributed by atoms with van der Waals surface area (Å²) in [6, 6.07) is 10.7. The summed E-state index contributed by atoms with van der Waals surface area (Å²) in [5.41, 5.74) is 1.33. The average Bonchev–Trinajstić information content (AvgIpc) is 3.34. The van der Waals surface area contributed by atoms with Crippen molar-refractivity contribution in [1.29, 1.82) is 0 Å². The van der Waals surface area contributed by atoms with E-state index in [0.29, 0.717) is 0 Å². The quantitative estimate of drug-likeness (QED) is 0.672. The molecule has 1 heterocycles. The number of nitrogens with one attached hydrogen (secondary N) is 1. The van der Waals surface area contributed by atoms with Crippen LogP contribution in [0.2, 0.25) is 0 Å². The number of hydrogen-bond acceptors (Lipinski definition) is 2. The van der Waals surface area contributed by atoms with Gasteiger partial charge in [-0.3, -0.25) is 4.99 Å². The van der Waals surface area contributed by atoms with Crippen LogP contribution >= 0.6 is 0 Å². The molecule has 0 aromatic heterocycles. The largest absolute Gasteiger partial charge is 0.368 e. The third-order valence-electron chi connectivity index (χ3n) is 4.16. The first-order chi connectivity index (χ1) is 9.86. The van der Waals surface area contributed by atoms with E-state index in [1.807, 2.05) is 7.05 Å². The van der Waals surface area contributed by atoms with E-state index in [4.69, 9.17) is 0 Å². The minimum Gasteiger partial charge on any atom is -0.368 e. The molecule has 0 amide bonds. The molecule has 4 nitrogen and oxygen atoms in total. The van der Waals surface area contributed by atoms with Crippen molar-refractivity contribution in [2.75, 3.05) is 44.7 Å². The lowest BCUT2D eigenvalue weighted by Gasteiger charge is -2.37. The van der Waals surface area contributed by atoms with Crippen molar-refractivity contribution >= 4 is 11.6 Å². The van der Waals surface area contributed by atoms with Crippen LogP contribution in [0.4, 0.5) is 5.69 Å². The Hall–Kier alpha value is -1.71. The minimum absolute atomic E-state index is 0.886. The van der Waals surface area contributed by atoms with Gasteiger partial charge in [-0.1, -0.05) is 18.2 Å². The van der Waals surface area contributed by atoms with Gasteiger partial charge in [-0.25, -0.2) is 0 Å². The molecule has 3 rings (SSSR count). The number of benzene rings is 1. The molecule has 0 unspecified atom stereocenters. The van der Waals surface area contributed by atoms with Gasteiger partial charge < -0.3 is 15.1 Å². The first-order valence-electron chi connectivity index (χ1n) is 7.62. The fraction of sp³-hybridized carbons (Fsp3) is 0.562. The van der Waals surface area contributed by atoms with Gasteiger partial charge in [0.05, 0.1) is 0 Å². The van der Waals surface area contributed by atoms with Crippen LogP contribution in [-0.4, -0.2) is 50.6 Å². The second-order valence-corrected chi connectivity index (χ2v) is 5.68. The van der Waals surface area contributed by atoms with Gasteiger partial charge in [-0.2, -0.15) is 0 Å². The van der Waals surface area contributed by atoms with Crippen LogP contribution in [0.1, 0.15) is 12.8 Å². The van der Waals surface area contributed by atoms with Crippen molar-refractivity contribution in [2.24, 2.45) is 10.9 Å². The summed E-state index contributed by atoms with van der Waals surface area (Å²) in [5.74, 6) is 1.96. The van der Waals surface area contributed by atoms with E-state index < -0.39 is 0 Å². The maximum Gasteiger partial charge on any atom is 0.193 e. The summed E-state index contributed by atoms with van der Waals surface area (Å²) >= 11 is 0. The zero-order chi connectivity index (χ0) is 13.8. The maximum atomic E-state index is 4.42. The molecule has 20 heavy (non-hydrogen) atoms. The number of para-hydroxylation sites is 1. The van der Waals surface area contributed by atoms with Gasteiger partial charge in [-0.15, -0.1) is 0 Å². The van der Waals surface area contributed by atoms with E-state index in [-0.39, 0.29) is 0 Å². The van der Waals surface area contributed by atoms with Gasteiger partial charge in [0, 0.05) is 45.5 Å². The van der Waals surface area contributed by atoms with Crippen molar-refractivity contribution in [3.63, 3.8) is 0 Å². The number of aliphatic imine (C=N–C) groups is 1. The highest BCUT2D eigenvalue weighted by molar-refractivity contribution is 5.80. The lowest BCUT2D eigenvalue weighted by Crippen LogP contribution is -2.52. The molecule has 2 aliphatic rings. The van der Waals surface area contributed by atoms with Gasteiger partial charge in [0.15, 0.2) is 5.96 Å². The van der Waals surface area contributed by atoms with Crippen LogP contribution in [0.3, 0.4) is 0 Å². The Morgan fingerprint density at radius 3 is 2.45 bits per heavy atom. The highest BCUT2D eigenvalue weighted by Crippen LogP contribution is 2.27. The van der Waals surface area contributed by atoms with E-state index in [1.165, 1.54) is 18.5 Å². The molecule has 1 saturated carbocycles. The second-order valence-electron chi connectivity index (χ2n) is 5.68. The van der Waals surface area contributed by atoms with Gasteiger partial charge in [0.2, 0.25) is 0 Å². The molecule has 0 spiro atoms. The van der Waals surface area contributed by atoms with Crippen LogP contribution < -0.4 is 10.2 Å². The Morgan fingerprint density at radius 1 is 1.15 bits per heavy atom. The lowest BCUT2D eigenvalue weighted by atomic mass is 10.2. The SMILES string of the molecule is CN=C(NCC1CC1)N1CCN(c2ccccc2)CC1. The fourth-order valence-corrected chi connectivity index (χ4v) is 2.71. The number of piperazine rings is 1. The number of guanidine groups is 1. The van der Waals surface area contributed by atoms with Gasteiger partial charge in [0.25, 0.3) is 0 Å². The van der Waals surface area contributed by atoms with Crippen LogP contribution in [-0.2, 0) is 0 Å². The molecule has 1 aromatic carbocycles. The summed E-state index contributed by atoms with van der Waals surface area (Å²) in [6.45, 7) is 5.30. The number of anilines is 1. The molecule has 1 saturated heterocycles. The van der Waals surface area contributed by atoms with Crippen molar-refractivity contribution < 1.29 is 0 Å². The predicted octanol–water partition coefficient (Wildman–Crippen LogP) is 1.79. The first-order valence-corrected chi connectivity index (χ1v) is 7.62. The summed E-state index contributed by atoms with van der Waals surface area (Å²) in [5, 5.41) is 3.51. The smallest absolute Gasteiger partial charge is 0.193 e. The molecule has 1 aliphatic heterocycles. The minimum atomic E-state index is 0.886. The molecule has 1 aliphatic carbocycles. The normalized spacial score (nSPS) is 20.1. The van der Waals surface area contributed by atoms with E-state index >= 15 is 0 Å². The van der Waals surface area contributed by atoms with E-state index in [0.717, 1.165) is 44.6 Å². The summed E-state index contributed by atoms with van der Waals surface area (Å²) < 4.78 is 0. The third-order valence-corrected chi connectivity index (χ3v) is 4.16. The van der Waals surface area contributed by atoms with Gasteiger partial charge in [-0.05, 0) is 30.9 Å². The summed E-state index contributed by atoms with van der Waals surface area (Å²) in [4.78, 5) is 9.25. The Bertz CT molecular complexity index is 445. The van der Waals surface area contributed by atoms with Crippen LogP contribution in [0.15, 0.2) is 35.3 Å².